The van der Waals surface area contributed by atoms with Crippen LogP contribution < -0.4 is 0 Å². The monoisotopic (exact) mass is 166 g/mol. The molecular formula is C9H14N2O. The molecule has 2 rings (SSSR count). The largest absolute Gasteiger partial charge is 0.360 e. The molecular weight excluding hydrogens is 152 g/mol. The number of hydrogen-bond donors (Lipinski definition) is 0. The molecule has 0 radical (unpaired) electrons. The fourth-order valence-electron chi connectivity index (χ4n) is 1.38. The van der Waals surface area contributed by atoms with Gasteiger partial charge in [0.05, 0.1) is 12.2 Å². The lowest BCUT2D eigenvalue weighted by atomic mass is 10.3. The van der Waals surface area contributed by atoms with E-state index in [2.05, 4.69) is 17.1 Å². The van der Waals surface area contributed by atoms with Crippen molar-refractivity contribution < 1.29 is 4.52 Å². The number of nitrogens with zero attached hydrogens (tertiary/aromatic N) is 2. The van der Waals surface area contributed by atoms with Gasteiger partial charge in [-0.3, -0.25) is 4.90 Å². The van der Waals surface area contributed by atoms with E-state index in [4.69, 9.17) is 4.52 Å². The average molecular weight is 166 g/mol. The third-order valence-electron chi connectivity index (χ3n) is 2.25. The van der Waals surface area contributed by atoms with Gasteiger partial charge in [0.2, 0.25) is 0 Å². The molecule has 0 N–H and O–H groups in total. The summed E-state index contributed by atoms with van der Waals surface area (Å²) in [5, 5.41) is 3.85. The van der Waals surface area contributed by atoms with E-state index < -0.39 is 0 Å². The molecule has 0 atom stereocenters. The lowest BCUT2D eigenvalue weighted by molar-refractivity contribution is 0.264. The quantitative estimate of drug-likeness (QED) is 0.682. The molecule has 1 aromatic rings. The molecule has 3 heteroatoms. The Morgan fingerprint density at radius 2 is 2.42 bits per heavy atom. The highest BCUT2D eigenvalue weighted by molar-refractivity contribution is 5.03. The molecule has 0 spiro atoms. The smallest absolute Gasteiger partial charge is 0.150 e. The number of rotatable bonds is 3. The lowest BCUT2D eigenvalue weighted by Crippen LogP contribution is -2.19. The molecule has 0 aliphatic heterocycles. The highest BCUT2D eigenvalue weighted by atomic mass is 16.5. The first kappa shape index (κ1) is 7.80. The Morgan fingerprint density at radius 1 is 1.67 bits per heavy atom. The maximum Gasteiger partial charge on any atom is 0.150 e. The zero-order valence-corrected chi connectivity index (χ0v) is 7.58. The maximum absolute atomic E-state index is 5.12. The van der Waals surface area contributed by atoms with Crippen LogP contribution in [0.4, 0.5) is 0 Å². The summed E-state index contributed by atoms with van der Waals surface area (Å²) < 4.78 is 5.12. The molecule has 0 unspecified atom stereocenters. The van der Waals surface area contributed by atoms with Crippen molar-refractivity contribution in [2.45, 2.75) is 32.4 Å². The first-order valence-corrected chi connectivity index (χ1v) is 4.38. The van der Waals surface area contributed by atoms with Crippen LogP contribution in [0.15, 0.2) is 10.6 Å². The van der Waals surface area contributed by atoms with E-state index in [9.17, 15) is 0 Å². The summed E-state index contributed by atoms with van der Waals surface area (Å²) in [6.07, 6.45) is 2.67. The van der Waals surface area contributed by atoms with Gasteiger partial charge in [0.15, 0.2) is 5.76 Å². The van der Waals surface area contributed by atoms with Crippen LogP contribution >= 0.6 is 0 Å². The van der Waals surface area contributed by atoms with Gasteiger partial charge in [-0.2, -0.15) is 0 Å². The second-order valence-electron chi connectivity index (χ2n) is 3.58. The topological polar surface area (TPSA) is 29.3 Å². The van der Waals surface area contributed by atoms with Crippen molar-refractivity contribution in [3.63, 3.8) is 0 Å². The highest BCUT2D eigenvalue weighted by Crippen LogP contribution is 2.26. The Kier molecular flexibility index (Phi) is 1.89. The average Bonchev–Trinajstić information content (AvgIpc) is 2.78. The number of hydrogen-bond acceptors (Lipinski definition) is 3. The molecule has 12 heavy (non-hydrogen) atoms. The molecule has 1 heterocycles. The van der Waals surface area contributed by atoms with E-state index in [0.29, 0.717) is 0 Å². The van der Waals surface area contributed by atoms with Gasteiger partial charge in [-0.15, -0.1) is 0 Å². The summed E-state index contributed by atoms with van der Waals surface area (Å²) in [4.78, 5) is 2.32. The van der Waals surface area contributed by atoms with Gasteiger partial charge < -0.3 is 4.52 Å². The van der Waals surface area contributed by atoms with Crippen LogP contribution in [0, 0.1) is 6.92 Å². The van der Waals surface area contributed by atoms with Crippen molar-refractivity contribution in [1.82, 2.24) is 10.1 Å². The first-order valence-electron chi connectivity index (χ1n) is 4.38. The van der Waals surface area contributed by atoms with Crippen molar-refractivity contribution in [2.24, 2.45) is 0 Å². The zero-order valence-electron chi connectivity index (χ0n) is 7.58. The Morgan fingerprint density at radius 3 is 2.92 bits per heavy atom. The van der Waals surface area contributed by atoms with Crippen molar-refractivity contribution >= 4 is 0 Å². The predicted molar refractivity (Wildman–Crippen MR) is 45.7 cm³/mol. The molecule has 3 nitrogen and oxygen atoms in total. The number of aryl methyl sites for hydroxylation is 1. The Hall–Kier alpha value is -0.830. The summed E-state index contributed by atoms with van der Waals surface area (Å²) >= 11 is 0. The molecule has 1 aliphatic carbocycles. The molecule has 1 aliphatic rings. The second kappa shape index (κ2) is 2.90. The van der Waals surface area contributed by atoms with Crippen molar-refractivity contribution in [1.29, 1.82) is 0 Å². The third-order valence-corrected chi connectivity index (χ3v) is 2.25. The van der Waals surface area contributed by atoms with Gasteiger partial charge in [-0.05, 0) is 26.8 Å². The molecule has 66 valence electrons. The van der Waals surface area contributed by atoms with Crippen molar-refractivity contribution in [3.8, 4) is 0 Å². The van der Waals surface area contributed by atoms with Crippen LogP contribution in [-0.2, 0) is 6.54 Å². The van der Waals surface area contributed by atoms with E-state index in [0.717, 1.165) is 24.0 Å². The van der Waals surface area contributed by atoms with E-state index >= 15 is 0 Å². The van der Waals surface area contributed by atoms with Crippen LogP contribution in [0.1, 0.15) is 24.3 Å². The minimum Gasteiger partial charge on any atom is -0.360 e. The minimum absolute atomic E-state index is 0.787. The third kappa shape index (κ3) is 1.67. The van der Waals surface area contributed by atoms with Crippen molar-refractivity contribution in [2.75, 3.05) is 7.05 Å². The molecule has 0 bridgehead atoms. The second-order valence-corrected chi connectivity index (χ2v) is 3.58. The number of aromatic nitrogens is 1. The van der Waals surface area contributed by atoms with E-state index in [1.807, 2.05) is 13.0 Å². The maximum atomic E-state index is 5.12. The summed E-state index contributed by atoms with van der Waals surface area (Å²) in [5.74, 6) is 0.974. The van der Waals surface area contributed by atoms with Crippen LogP contribution in [0.2, 0.25) is 0 Å². The van der Waals surface area contributed by atoms with Crippen LogP contribution in [-0.4, -0.2) is 23.1 Å². The fraction of sp³-hybridized carbons (Fsp3) is 0.667. The summed E-state index contributed by atoms with van der Waals surface area (Å²) in [7, 11) is 2.13. The van der Waals surface area contributed by atoms with Gasteiger partial charge in [0.25, 0.3) is 0 Å². The van der Waals surface area contributed by atoms with Crippen molar-refractivity contribution in [3.05, 3.63) is 17.5 Å². The molecule has 0 aromatic carbocycles. The van der Waals surface area contributed by atoms with Crippen LogP contribution in [0.5, 0.6) is 0 Å². The molecule has 0 amide bonds. The standard InChI is InChI=1S/C9H14N2O/c1-7-5-9(12-10-7)6-11(2)8-3-4-8/h5,8H,3-4,6H2,1-2H3. The van der Waals surface area contributed by atoms with Gasteiger partial charge in [-0.25, -0.2) is 0 Å². The summed E-state index contributed by atoms with van der Waals surface area (Å²) in [5.41, 5.74) is 0.967. The zero-order chi connectivity index (χ0) is 8.55. The lowest BCUT2D eigenvalue weighted by Gasteiger charge is -2.12. The predicted octanol–water partition coefficient (Wildman–Crippen LogP) is 1.58. The molecule has 1 fully saturated rings. The Labute approximate surface area is 72.3 Å². The first-order chi connectivity index (χ1) is 5.75. The Balaban J connectivity index is 1.93. The van der Waals surface area contributed by atoms with E-state index in [1.54, 1.807) is 0 Å². The normalized spacial score (nSPS) is 17.2. The van der Waals surface area contributed by atoms with E-state index in [1.165, 1.54) is 12.8 Å². The Bertz CT molecular complexity index is 265. The highest BCUT2D eigenvalue weighted by Gasteiger charge is 2.26. The molecule has 0 saturated heterocycles. The minimum atomic E-state index is 0.787. The SMILES string of the molecule is Cc1cc(CN(C)C2CC2)on1. The summed E-state index contributed by atoms with van der Waals surface area (Å²) in [6, 6.07) is 2.79. The fourth-order valence-corrected chi connectivity index (χ4v) is 1.38. The summed E-state index contributed by atoms with van der Waals surface area (Å²) in [6.45, 7) is 2.84. The van der Waals surface area contributed by atoms with Crippen LogP contribution in [0.25, 0.3) is 0 Å². The van der Waals surface area contributed by atoms with Gasteiger partial charge in [-0.1, -0.05) is 5.16 Å². The molecule has 1 saturated carbocycles. The van der Waals surface area contributed by atoms with Crippen LogP contribution in [0.3, 0.4) is 0 Å². The molecule has 1 aromatic heterocycles. The van der Waals surface area contributed by atoms with Gasteiger partial charge in [0.1, 0.15) is 0 Å². The van der Waals surface area contributed by atoms with E-state index in [-0.39, 0.29) is 0 Å². The van der Waals surface area contributed by atoms with Gasteiger partial charge in [0, 0.05) is 12.1 Å². The van der Waals surface area contributed by atoms with Gasteiger partial charge >= 0.3 is 0 Å².